The molecule has 0 saturated carbocycles. The van der Waals surface area contributed by atoms with Crippen LogP contribution in [0, 0.1) is 0 Å². The molecule has 0 radical (unpaired) electrons. The lowest BCUT2D eigenvalue weighted by Crippen LogP contribution is -2.26. The predicted molar refractivity (Wildman–Crippen MR) is 71.3 cm³/mol. The van der Waals surface area contributed by atoms with Crippen LogP contribution in [0.3, 0.4) is 0 Å². The summed E-state index contributed by atoms with van der Waals surface area (Å²) in [6.07, 6.45) is 0.437. The van der Waals surface area contributed by atoms with Gasteiger partial charge in [-0.1, -0.05) is 36.4 Å². The van der Waals surface area contributed by atoms with Crippen LogP contribution in [0.5, 0.6) is 11.5 Å². The van der Waals surface area contributed by atoms with Gasteiger partial charge in [-0.15, -0.1) is 0 Å². The van der Waals surface area contributed by atoms with Gasteiger partial charge in [-0.3, -0.25) is 0 Å². The second-order valence-electron chi connectivity index (χ2n) is 3.99. The number of hydrogen-bond acceptors (Lipinski definition) is 2. The monoisotopic (exact) mass is 242 g/mol. The molecular weight excluding hydrogens is 226 g/mol. The van der Waals surface area contributed by atoms with E-state index in [0.717, 1.165) is 11.5 Å². The molecule has 0 unspecified atom stereocenters. The number of nitrogens with zero attached hydrogens (tertiary/aromatic N) is 1. The second kappa shape index (κ2) is 5.87. The molecule has 18 heavy (non-hydrogen) atoms. The average Bonchev–Trinajstić information content (AvgIpc) is 2.40. The highest BCUT2D eigenvalue weighted by Crippen LogP contribution is 2.12. The standard InChI is InChI=1S/C15H16NO2/c1-16(2)15(17-13-9-5-3-6-10-13)18-14-11-7-4-8-12-14/h3-12H,1-2H3/q+1. The van der Waals surface area contributed by atoms with E-state index in [2.05, 4.69) is 0 Å². The van der Waals surface area contributed by atoms with Crippen LogP contribution in [0.15, 0.2) is 60.7 Å². The summed E-state index contributed by atoms with van der Waals surface area (Å²) in [6.45, 7) is 0. The fourth-order valence-corrected chi connectivity index (χ4v) is 1.38. The van der Waals surface area contributed by atoms with Crippen molar-refractivity contribution in [2.45, 2.75) is 0 Å². The van der Waals surface area contributed by atoms with Crippen molar-refractivity contribution in [2.75, 3.05) is 14.1 Å². The maximum atomic E-state index is 5.70. The molecule has 0 bridgehead atoms. The Balaban J connectivity index is 2.14. The van der Waals surface area contributed by atoms with Crippen molar-refractivity contribution in [1.82, 2.24) is 0 Å². The van der Waals surface area contributed by atoms with E-state index in [0.29, 0.717) is 6.08 Å². The zero-order chi connectivity index (χ0) is 12.8. The topological polar surface area (TPSA) is 21.5 Å². The molecule has 0 heterocycles. The Morgan fingerprint density at radius 3 is 1.44 bits per heavy atom. The molecule has 0 aliphatic rings. The van der Waals surface area contributed by atoms with Gasteiger partial charge in [0.15, 0.2) is 0 Å². The fourth-order valence-electron chi connectivity index (χ4n) is 1.38. The van der Waals surface area contributed by atoms with Crippen LogP contribution in [0.1, 0.15) is 0 Å². The highest BCUT2D eigenvalue weighted by molar-refractivity contribution is 5.67. The van der Waals surface area contributed by atoms with Crippen molar-refractivity contribution in [3.05, 3.63) is 60.7 Å². The third kappa shape index (κ3) is 3.35. The highest BCUT2D eigenvalue weighted by Gasteiger charge is 2.14. The molecule has 3 heteroatoms. The van der Waals surface area contributed by atoms with Crippen LogP contribution < -0.4 is 9.47 Å². The second-order valence-corrected chi connectivity index (χ2v) is 3.99. The summed E-state index contributed by atoms with van der Waals surface area (Å²) in [5, 5.41) is 0. The summed E-state index contributed by atoms with van der Waals surface area (Å²) in [6, 6.07) is 19.1. The zero-order valence-corrected chi connectivity index (χ0v) is 10.5. The Kier molecular flexibility index (Phi) is 3.97. The molecule has 0 amide bonds. The molecule has 0 aromatic heterocycles. The third-order valence-corrected chi connectivity index (χ3v) is 2.26. The smallest absolute Gasteiger partial charge is 0.375 e. The maximum absolute atomic E-state index is 5.70. The Bertz CT molecular complexity index is 473. The van der Waals surface area contributed by atoms with E-state index in [1.165, 1.54) is 0 Å². The molecule has 2 rings (SSSR count). The van der Waals surface area contributed by atoms with Crippen molar-refractivity contribution < 1.29 is 14.0 Å². The summed E-state index contributed by atoms with van der Waals surface area (Å²) in [4.78, 5) is 0. The van der Waals surface area contributed by atoms with Crippen molar-refractivity contribution in [2.24, 2.45) is 0 Å². The molecule has 0 spiro atoms. The molecule has 3 nitrogen and oxygen atoms in total. The Morgan fingerprint density at radius 1 is 0.722 bits per heavy atom. The van der Waals surface area contributed by atoms with Gasteiger partial charge in [0.1, 0.15) is 25.6 Å². The number of hydrogen-bond donors (Lipinski definition) is 0. The molecule has 92 valence electrons. The lowest BCUT2D eigenvalue weighted by molar-refractivity contribution is -0.480. The lowest BCUT2D eigenvalue weighted by atomic mass is 10.3. The first kappa shape index (κ1) is 12.2. The molecule has 0 atom stereocenters. The Labute approximate surface area is 107 Å². The van der Waals surface area contributed by atoms with Gasteiger partial charge >= 0.3 is 6.08 Å². The first-order valence-electron chi connectivity index (χ1n) is 5.76. The highest BCUT2D eigenvalue weighted by atomic mass is 16.7. The minimum absolute atomic E-state index is 0.437. The van der Waals surface area contributed by atoms with Crippen molar-refractivity contribution in [3.63, 3.8) is 0 Å². The van der Waals surface area contributed by atoms with E-state index in [-0.39, 0.29) is 0 Å². The van der Waals surface area contributed by atoms with Gasteiger partial charge < -0.3 is 9.47 Å². The molecule has 2 aromatic carbocycles. The van der Waals surface area contributed by atoms with E-state index in [9.17, 15) is 0 Å². The predicted octanol–water partition coefficient (Wildman–Crippen LogP) is 2.77. The van der Waals surface area contributed by atoms with E-state index >= 15 is 0 Å². The van der Waals surface area contributed by atoms with Gasteiger partial charge in [0.2, 0.25) is 0 Å². The Hall–Kier alpha value is -2.29. The van der Waals surface area contributed by atoms with E-state index in [4.69, 9.17) is 9.47 Å². The van der Waals surface area contributed by atoms with Crippen LogP contribution in [-0.2, 0) is 0 Å². The SMILES string of the molecule is C[N+](C)=C(Oc1ccccc1)Oc1ccccc1. The quantitative estimate of drug-likeness (QED) is 0.459. The van der Waals surface area contributed by atoms with Gasteiger partial charge in [-0.25, -0.2) is 0 Å². The average molecular weight is 242 g/mol. The van der Waals surface area contributed by atoms with Gasteiger partial charge in [0.05, 0.1) is 0 Å². The molecule has 2 aromatic rings. The number of rotatable bonds is 2. The largest absolute Gasteiger partial charge is 0.559 e. The van der Waals surface area contributed by atoms with Crippen LogP contribution >= 0.6 is 0 Å². The van der Waals surface area contributed by atoms with E-state index in [1.807, 2.05) is 74.8 Å². The number of para-hydroxylation sites is 2. The zero-order valence-electron chi connectivity index (χ0n) is 10.5. The molecule has 0 fully saturated rings. The van der Waals surface area contributed by atoms with Crippen molar-refractivity contribution in [3.8, 4) is 11.5 Å². The van der Waals surface area contributed by atoms with Gasteiger partial charge in [0.25, 0.3) is 0 Å². The fraction of sp³-hybridized carbons (Fsp3) is 0.133. The summed E-state index contributed by atoms with van der Waals surface area (Å²) < 4.78 is 13.2. The maximum Gasteiger partial charge on any atom is 0.559 e. The van der Waals surface area contributed by atoms with Crippen molar-refractivity contribution in [1.29, 1.82) is 0 Å². The normalized spacial score (nSPS) is 9.67. The molecule has 0 aliphatic carbocycles. The number of ether oxygens (including phenoxy) is 2. The van der Waals surface area contributed by atoms with Crippen LogP contribution in [0.2, 0.25) is 0 Å². The molecule has 0 N–H and O–H groups in total. The summed E-state index contributed by atoms with van der Waals surface area (Å²) in [5.74, 6) is 1.49. The van der Waals surface area contributed by atoms with Crippen LogP contribution in [-0.4, -0.2) is 24.8 Å². The lowest BCUT2D eigenvalue weighted by Gasteiger charge is -2.06. The summed E-state index contributed by atoms with van der Waals surface area (Å²) >= 11 is 0. The third-order valence-electron chi connectivity index (χ3n) is 2.26. The summed E-state index contributed by atoms with van der Waals surface area (Å²) in [7, 11) is 3.75. The van der Waals surface area contributed by atoms with Crippen molar-refractivity contribution >= 4 is 6.08 Å². The molecular formula is C15H16NO2+. The Morgan fingerprint density at radius 2 is 1.11 bits per heavy atom. The van der Waals surface area contributed by atoms with E-state index in [1.54, 1.807) is 4.58 Å². The van der Waals surface area contributed by atoms with Gasteiger partial charge in [-0.2, -0.15) is 4.58 Å². The first-order chi connectivity index (χ1) is 8.75. The first-order valence-corrected chi connectivity index (χ1v) is 5.76. The van der Waals surface area contributed by atoms with Crippen LogP contribution in [0.25, 0.3) is 0 Å². The van der Waals surface area contributed by atoms with Gasteiger partial charge in [-0.05, 0) is 24.3 Å². The minimum atomic E-state index is 0.437. The number of benzene rings is 2. The van der Waals surface area contributed by atoms with Crippen LogP contribution in [0.4, 0.5) is 0 Å². The molecule has 0 saturated heterocycles. The van der Waals surface area contributed by atoms with E-state index < -0.39 is 0 Å². The minimum Gasteiger partial charge on any atom is -0.375 e. The van der Waals surface area contributed by atoms with Gasteiger partial charge in [0, 0.05) is 0 Å². The molecule has 0 aliphatic heterocycles. The summed E-state index contributed by atoms with van der Waals surface area (Å²) in [5.41, 5.74) is 0.